The summed E-state index contributed by atoms with van der Waals surface area (Å²) >= 11 is 4.91. The van der Waals surface area contributed by atoms with Crippen molar-refractivity contribution in [1.29, 1.82) is 0 Å². The molecule has 0 fully saturated rings. The van der Waals surface area contributed by atoms with Crippen LogP contribution in [0.1, 0.15) is 18.9 Å². The van der Waals surface area contributed by atoms with Crippen LogP contribution >= 0.6 is 12.2 Å². The third kappa shape index (κ3) is 4.28. The fourth-order valence-corrected chi connectivity index (χ4v) is 1.82. The molecule has 0 aliphatic carbocycles. The summed E-state index contributed by atoms with van der Waals surface area (Å²) in [6.45, 7) is 3.14. The predicted octanol–water partition coefficient (Wildman–Crippen LogP) is 0.959. The van der Waals surface area contributed by atoms with E-state index in [-0.39, 0.29) is 0 Å². The van der Waals surface area contributed by atoms with E-state index >= 15 is 0 Å². The molecule has 0 amide bonds. The van der Waals surface area contributed by atoms with Crippen molar-refractivity contribution in [2.24, 2.45) is 12.8 Å². The highest BCUT2D eigenvalue weighted by Gasteiger charge is 2.10. The maximum Gasteiger partial charge on any atom is 0.0742 e. The first kappa shape index (κ1) is 13.1. The second-order valence-electron chi connectivity index (χ2n) is 4.27. The highest BCUT2D eigenvalue weighted by atomic mass is 32.1. The monoisotopic (exact) mass is 240 g/mol. The molecule has 2 N–H and O–H groups in total. The normalized spacial score (nSPS) is 13.0. The molecule has 0 bridgehead atoms. The van der Waals surface area contributed by atoms with Gasteiger partial charge in [-0.2, -0.15) is 5.10 Å². The van der Waals surface area contributed by atoms with Crippen molar-refractivity contribution >= 4 is 17.2 Å². The predicted molar refractivity (Wildman–Crippen MR) is 70.4 cm³/mol. The van der Waals surface area contributed by atoms with Crippen LogP contribution in [0.2, 0.25) is 0 Å². The maximum absolute atomic E-state index is 5.53. The minimum Gasteiger partial charge on any atom is -0.393 e. The highest BCUT2D eigenvalue weighted by molar-refractivity contribution is 7.80. The zero-order chi connectivity index (χ0) is 12.1. The van der Waals surface area contributed by atoms with Crippen LogP contribution in [0.25, 0.3) is 0 Å². The smallest absolute Gasteiger partial charge is 0.0742 e. The first-order valence-electron chi connectivity index (χ1n) is 5.45. The number of nitrogens with zero attached hydrogens (tertiary/aromatic N) is 3. The third-order valence-electron chi connectivity index (χ3n) is 2.76. The van der Waals surface area contributed by atoms with E-state index in [2.05, 4.69) is 24.0 Å². The van der Waals surface area contributed by atoms with Gasteiger partial charge in [0.05, 0.1) is 11.2 Å². The molecule has 1 aromatic rings. The van der Waals surface area contributed by atoms with E-state index in [0.717, 1.165) is 19.4 Å². The van der Waals surface area contributed by atoms with Gasteiger partial charge in [-0.3, -0.25) is 4.68 Å². The van der Waals surface area contributed by atoms with Gasteiger partial charge < -0.3 is 10.6 Å². The van der Waals surface area contributed by atoms with Gasteiger partial charge in [0.2, 0.25) is 0 Å². The molecule has 16 heavy (non-hydrogen) atoms. The molecular weight excluding hydrogens is 220 g/mol. The fourth-order valence-electron chi connectivity index (χ4n) is 1.57. The Hall–Kier alpha value is -0.940. The van der Waals surface area contributed by atoms with E-state index in [0.29, 0.717) is 11.0 Å². The molecule has 1 rings (SSSR count). The molecule has 0 saturated carbocycles. The van der Waals surface area contributed by atoms with Crippen LogP contribution in [0, 0.1) is 0 Å². The van der Waals surface area contributed by atoms with Crippen LogP contribution in [0.15, 0.2) is 12.4 Å². The summed E-state index contributed by atoms with van der Waals surface area (Å²) in [5.41, 5.74) is 6.79. The number of likely N-dealkylation sites (N-methyl/N-ethyl adjacent to an activating group) is 1. The van der Waals surface area contributed by atoms with E-state index in [1.807, 2.05) is 24.1 Å². The summed E-state index contributed by atoms with van der Waals surface area (Å²) in [7, 11) is 4.03. The first-order valence-corrected chi connectivity index (χ1v) is 5.86. The molecular formula is C11H20N4S. The fraction of sp³-hybridized carbons (Fsp3) is 0.636. The Labute approximate surface area is 102 Å². The van der Waals surface area contributed by atoms with E-state index in [1.54, 1.807) is 0 Å². The molecule has 5 heteroatoms. The van der Waals surface area contributed by atoms with E-state index in [1.165, 1.54) is 5.56 Å². The van der Waals surface area contributed by atoms with Crippen LogP contribution in [-0.2, 0) is 13.5 Å². The summed E-state index contributed by atoms with van der Waals surface area (Å²) in [4.78, 5) is 2.85. The molecule has 0 spiro atoms. The molecule has 1 atom stereocenters. The van der Waals surface area contributed by atoms with Gasteiger partial charge in [0.15, 0.2) is 0 Å². The molecule has 1 unspecified atom stereocenters. The lowest BCUT2D eigenvalue weighted by Gasteiger charge is -2.23. The quantitative estimate of drug-likeness (QED) is 0.752. The average Bonchev–Trinajstić information content (AvgIpc) is 2.59. The van der Waals surface area contributed by atoms with Crippen LogP contribution in [0.3, 0.4) is 0 Å². The highest BCUT2D eigenvalue weighted by Crippen LogP contribution is 2.04. The molecule has 4 nitrogen and oxygen atoms in total. The van der Waals surface area contributed by atoms with Crippen molar-refractivity contribution in [3.8, 4) is 0 Å². The summed E-state index contributed by atoms with van der Waals surface area (Å²) in [6, 6.07) is 0.397. The summed E-state index contributed by atoms with van der Waals surface area (Å²) < 4.78 is 1.83. The number of aromatic nitrogens is 2. The molecule has 0 aliphatic heterocycles. The molecule has 0 aromatic carbocycles. The second kappa shape index (κ2) is 5.96. The van der Waals surface area contributed by atoms with Gasteiger partial charge >= 0.3 is 0 Å². The van der Waals surface area contributed by atoms with Crippen molar-refractivity contribution in [1.82, 2.24) is 14.7 Å². The summed E-state index contributed by atoms with van der Waals surface area (Å²) in [6.07, 6.45) is 5.74. The molecule has 0 aliphatic rings. The van der Waals surface area contributed by atoms with Gasteiger partial charge in [-0.05, 0) is 26.0 Å². The molecule has 90 valence electrons. The van der Waals surface area contributed by atoms with Crippen molar-refractivity contribution in [3.05, 3.63) is 18.0 Å². The van der Waals surface area contributed by atoms with E-state index in [4.69, 9.17) is 18.0 Å². The van der Waals surface area contributed by atoms with Gasteiger partial charge in [0.1, 0.15) is 0 Å². The number of hydrogen-bond donors (Lipinski definition) is 1. The Morgan fingerprint density at radius 1 is 1.69 bits per heavy atom. The number of aryl methyl sites for hydroxylation is 1. The number of rotatable bonds is 6. The molecule has 1 aromatic heterocycles. The Balaban J connectivity index is 2.34. The van der Waals surface area contributed by atoms with Crippen molar-refractivity contribution in [2.45, 2.75) is 25.8 Å². The minimum absolute atomic E-state index is 0.397. The average molecular weight is 240 g/mol. The standard InChI is InChI=1S/C11H20N4S/c1-9(6-11(12)16)14(2)5-4-10-7-13-15(3)8-10/h7-9H,4-6H2,1-3H3,(H2,12,16). The van der Waals surface area contributed by atoms with Gasteiger partial charge in [-0.1, -0.05) is 12.2 Å². The summed E-state index contributed by atoms with van der Waals surface area (Å²) in [5.74, 6) is 0. The Bertz CT molecular complexity index is 348. The minimum atomic E-state index is 0.397. The third-order valence-corrected chi connectivity index (χ3v) is 2.93. The number of hydrogen-bond acceptors (Lipinski definition) is 3. The SMILES string of the molecule is CC(CC(N)=S)N(C)CCc1cnn(C)c1. The van der Waals surface area contributed by atoms with Crippen molar-refractivity contribution in [3.63, 3.8) is 0 Å². The Morgan fingerprint density at radius 3 is 2.88 bits per heavy atom. The van der Waals surface area contributed by atoms with E-state index < -0.39 is 0 Å². The van der Waals surface area contributed by atoms with Crippen LogP contribution < -0.4 is 5.73 Å². The second-order valence-corrected chi connectivity index (χ2v) is 4.80. The lowest BCUT2D eigenvalue weighted by atomic mass is 10.2. The van der Waals surface area contributed by atoms with Gasteiger partial charge in [-0.15, -0.1) is 0 Å². The van der Waals surface area contributed by atoms with Crippen LogP contribution in [0.5, 0.6) is 0 Å². The Kier molecular flexibility index (Phi) is 4.89. The van der Waals surface area contributed by atoms with Gasteiger partial charge in [-0.25, -0.2) is 0 Å². The van der Waals surface area contributed by atoms with Gasteiger partial charge in [0.25, 0.3) is 0 Å². The number of thiocarbonyl (C=S) groups is 1. The molecule has 0 radical (unpaired) electrons. The van der Waals surface area contributed by atoms with Crippen LogP contribution in [0.4, 0.5) is 0 Å². The molecule has 1 heterocycles. The lowest BCUT2D eigenvalue weighted by Crippen LogP contribution is -2.33. The largest absolute Gasteiger partial charge is 0.393 e. The van der Waals surface area contributed by atoms with Gasteiger partial charge in [0, 0.05) is 32.3 Å². The maximum atomic E-state index is 5.53. The summed E-state index contributed by atoms with van der Waals surface area (Å²) in [5, 5.41) is 4.15. The number of nitrogens with two attached hydrogens (primary N) is 1. The van der Waals surface area contributed by atoms with Crippen molar-refractivity contribution in [2.75, 3.05) is 13.6 Å². The first-order chi connectivity index (χ1) is 7.49. The Morgan fingerprint density at radius 2 is 2.38 bits per heavy atom. The topological polar surface area (TPSA) is 47.1 Å². The zero-order valence-corrected chi connectivity index (χ0v) is 11.0. The molecule has 0 saturated heterocycles. The van der Waals surface area contributed by atoms with Crippen LogP contribution in [-0.4, -0.2) is 39.3 Å². The zero-order valence-electron chi connectivity index (χ0n) is 10.2. The van der Waals surface area contributed by atoms with E-state index in [9.17, 15) is 0 Å². The lowest BCUT2D eigenvalue weighted by molar-refractivity contribution is 0.267. The van der Waals surface area contributed by atoms with Crippen molar-refractivity contribution < 1.29 is 0 Å².